The van der Waals surface area contributed by atoms with Crippen molar-refractivity contribution >= 4 is 23.8 Å². The van der Waals surface area contributed by atoms with Crippen molar-refractivity contribution < 1.29 is 19.1 Å². The Morgan fingerprint density at radius 1 is 1.06 bits per heavy atom. The van der Waals surface area contributed by atoms with E-state index in [2.05, 4.69) is 28.6 Å². The van der Waals surface area contributed by atoms with Crippen LogP contribution in [0.4, 0.5) is 4.79 Å². The minimum Gasteiger partial charge on any atom is -0.486 e. The maximum atomic E-state index is 12.8. The van der Waals surface area contributed by atoms with Crippen molar-refractivity contribution in [2.24, 2.45) is 5.92 Å². The van der Waals surface area contributed by atoms with Crippen LogP contribution in [-0.2, 0) is 22.7 Å². The number of para-hydroxylation sites is 1. The van der Waals surface area contributed by atoms with Crippen LogP contribution in [0.2, 0.25) is 0 Å². The van der Waals surface area contributed by atoms with Gasteiger partial charge in [0.05, 0.1) is 12.4 Å². The fraction of sp³-hybridized carbons (Fsp3) is 0.565. The van der Waals surface area contributed by atoms with Gasteiger partial charge in [0.1, 0.15) is 12.4 Å². The number of amides is 2. The molecule has 0 saturated carbocycles. The maximum Gasteiger partial charge on any atom is 0.409 e. The monoisotopic (exact) mass is 475 g/mol. The average molecular weight is 476 g/mol. The minimum absolute atomic E-state index is 0.0315. The molecule has 0 aliphatic carbocycles. The van der Waals surface area contributed by atoms with Gasteiger partial charge < -0.3 is 23.8 Å². The third-order valence-electron chi connectivity index (χ3n) is 5.32. The van der Waals surface area contributed by atoms with E-state index in [9.17, 15) is 9.59 Å². The average Bonchev–Trinajstić information content (AvgIpc) is 3.22. The smallest absolute Gasteiger partial charge is 0.409 e. The first kappa shape index (κ1) is 24.9. The Morgan fingerprint density at radius 2 is 1.76 bits per heavy atom. The zero-order valence-corrected chi connectivity index (χ0v) is 20.4. The maximum absolute atomic E-state index is 12.8. The summed E-state index contributed by atoms with van der Waals surface area (Å²) in [5.41, 5.74) is 0. The first-order valence-corrected chi connectivity index (χ1v) is 12.4. The number of thioether (sulfide) groups is 1. The number of aromatic nitrogens is 3. The Labute approximate surface area is 199 Å². The third kappa shape index (κ3) is 7.38. The molecular formula is C23H33N5O4S. The summed E-state index contributed by atoms with van der Waals surface area (Å²) in [5.74, 6) is 2.37. The summed E-state index contributed by atoms with van der Waals surface area (Å²) in [4.78, 5) is 28.0. The van der Waals surface area contributed by atoms with Gasteiger partial charge in [-0.1, -0.05) is 43.8 Å². The van der Waals surface area contributed by atoms with Gasteiger partial charge in [0.15, 0.2) is 11.0 Å². The van der Waals surface area contributed by atoms with Crippen molar-refractivity contribution in [3.63, 3.8) is 0 Å². The fourth-order valence-corrected chi connectivity index (χ4v) is 4.27. The number of hydrogen-bond donors (Lipinski definition) is 0. The van der Waals surface area contributed by atoms with Crippen LogP contribution in [0.15, 0.2) is 35.5 Å². The molecule has 0 radical (unpaired) electrons. The molecule has 2 amide bonds. The summed E-state index contributed by atoms with van der Waals surface area (Å²) in [6.45, 7) is 9.57. The van der Waals surface area contributed by atoms with Crippen molar-refractivity contribution in [1.29, 1.82) is 0 Å². The van der Waals surface area contributed by atoms with Crippen LogP contribution in [0.25, 0.3) is 0 Å². The van der Waals surface area contributed by atoms with Gasteiger partial charge in [-0.2, -0.15) is 0 Å². The van der Waals surface area contributed by atoms with Crippen molar-refractivity contribution in [3.05, 3.63) is 36.2 Å². The summed E-state index contributed by atoms with van der Waals surface area (Å²) in [5, 5.41) is 9.39. The van der Waals surface area contributed by atoms with Gasteiger partial charge in [-0.3, -0.25) is 4.79 Å². The molecule has 1 saturated heterocycles. The topological polar surface area (TPSA) is 89.8 Å². The molecule has 1 aliphatic heterocycles. The summed E-state index contributed by atoms with van der Waals surface area (Å²) in [6.07, 6.45) is 0.663. The number of carbonyl (C=O) groups excluding carboxylic acids is 2. The van der Waals surface area contributed by atoms with E-state index >= 15 is 0 Å². The van der Waals surface area contributed by atoms with Crippen LogP contribution in [0.3, 0.4) is 0 Å². The third-order valence-corrected chi connectivity index (χ3v) is 6.27. The molecular weight excluding hydrogens is 442 g/mol. The Morgan fingerprint density at radius 3 is 2.42 bits per heavy atom. The lowest BCUT2D eigenvalue weighted by Gasteiger charge is -2.34. The summed E-state index contributed by atoms with van der Waals surface area (Å²) in [6, 6.07) is 9.62. The Kier molecular flexibility index (Phi) is 9.41. The molecule has 0 spiro atoms. The molecule has 0 N–H and O–H groups in total. The second-order valence-electron chi connectivity index (χ2n) is 8.19. The molecule has 2 aromatic rings. The van der Waals surface area contributed by atoms with E-state index in [1.54, 1.807) is 16.7 Å². The van der Waals surface area contributed by atoms with Crippen molar-refractivity contribution in [2.75, 3.05) is 38.5 Å². The van der Waals surface area contributed by atoms with Gasteiger partial charge in [-0.25, -0.2) is 4.79 Å². The lowest BCUT2D eigenvalue weighted by Crippen LogP contribution is -2.51. The summed E-state index contributed by atoms with van der Waals surface area (Å²) in [7, 11) is 0. The molecule has 2 heterocycles. The van der Waals surface area contributed by atoms with Crippen LogP contribution in [-0.4, -0.2) is 75.1 Å². The Balaban J connectivity index is 1.56. The Bertz CT molecular complexity index is 898. The van der Waals surface area contributed by atoms with E-state index in [-0.39, 0.29) is 17.8 Å². The molecule has 180 valence electrons. The zero-order valence-electron chi connectivity index (χ0n) is 19.6. The molecule has 9 nitrogen and oxygen atoms in total. The molecule has 1 aliphatic rings. The number of ether oxygens (including phenoxy) is 2. The van der Waals surface area contributed by atoms with Crippen LogP contribution in [0, 0.1) is 5.92 Å². The van der Waals surface area contributed by atoms with Crippen LogP contribution in [0.1, 0.15) is 33.0 Å². The van der Waals surface area contributed by atoms with Crippen LogP contribution in [0.5, 0.6) is 5.75 Å². The van der Waals surface area contributed by atoms with Crippen molar-refractivity contribution in [1.82, 2.24) is 24.6 Å². The van der Waals surface area contributed by atoms with Gasteiger partial charge >= 0.3 is 6.09 Å². The number of benzene rings is 1. The molecule has 3 rings (SSSR count). The molecule has 0 unspecified atom stereocenters. The second-order valence-corrected chi connectivity index (χ2v) is 9.13. The lowest BCUT2D eigenvalue weighted by atomic mass is 10.1. The molecule has 0 atom stereocenters. The van der Waals surface area contributed by atoms with E-state index in [0.717, 1.165) is 29.7 Å². The molecule has 1 fully saturated rings. The lowest BCUT2D eigenvalue weighted by molar-refractivity contribution is -0.129. The van der Waals surface area contributed by atoms with E-state index in [1.807, 2.05) is 30.3 Å². The van der Waals surface area contributed by atoms with Gasteiger partial charge in [-0.15, -0.1) is 10.2 Å². The van der Waals surface area contributed by atoms with Crippen LogP contribution >= 0.6 is 11.8 Å². The normalized spacial score (nSPS) is 13.9. The van der Waals surface area contributed by atoms with E-state index in [4.69, 9.17) is 9.47 Å². The summed E-state index contributed by atoms with van der Waals surface area (Å²) < 4.78 is 13.0. The second kappa shape index (κ2) is 12.5. The number of nitrogens with zero attached hydrogens (tertiary/aromatic N) is 5. The van der Waals surface area contributed by atoms with E-state index < -0.39 is 0 Å². The number of piperazine rings is 1. The highest BCUT2D eigenvalue weighted by Crippen LogP contribution is 2.21. The van der Waals surface area contributed by atoms with Gasteiger partial charge in [-0.05, 0) is 31.4 Å². The predicted octanol–water partition coefficient (Wildman–Crippen LogP) is 3.30. The van der Waals surface area contributed by atoms with Crippen LogP contribution < -0.4 is 4.74 Å². The largest absolute Gasteiger partial charge is 0.486 e. The fourth-order valence-electron chi connectivity index (χ4n) is 3.38. The SMILES string of the molecule is CCOC(=O)N1CCN(C(=O)CSc2nnc(COc3ccccc3)n2CCC(C)C)CC1. The quantitative estimate of drug-likeness (QED) is 0.487. The van der Waals surface area contributed by atoms with Gasteiger partial charge in [0.25, 0.3) is 0 Å². The Hall–Kier alpha value is -2.75. The first-order chi connectivity index (χ1) is 16.0. The molecule has 10 heteroatoms. The van der Waals surface area contributed by atoms with Crippen molar-refractivity contribution in [3.8, 4) is 5.75 Å². The van der Waals surface area contributed by atoms with Crippen molar-refractivity contribution in [2.45, 2.75) is 45.5 Å². The first-order valence-electron chi connectivity index (χ1n) is 11.4. The number of hydrogen-bond acceptors (Lipinski definition) is 7. The highest BCUT2D eigenvalue weighted by Gasteiger charge is 2.25. The predicted molar refractivity (Wildman–Crippen MR) is 126 cm³/mol. The number of carbonyl (C=O) groups is 2. The molecule has 33 heavy (non-hydrogen) atoms. The molecule has 0 bridgehead atoms. The molecule has 1 aromatic carbocycles. The zero-order chi connectivity index (χ0) is 23.6. The standard InChI is InChI=1S/C23H33N5O4S/c1-4-31-23(30)27-14-12-26(13-15-27)21(29)17-33-22-25-24-20(28(22)11-10-18(2)3)16-32-19-8-6-5-7-9-19/h5-9,18H,4,10-17H2,1-3H3. The van der Waals surface area contributed by atoms with E-state index in [1.165, 1.54) is 11.8 Å². The highest BCUT2D eigenvalue weighted by atomic mass is 32.2. The minimum atomic E-state index is -0.317. The summed E-state index contributed by atoms with van der Waals surface area (Å²) >= 11 is 1.40. The van der Waals surface area contributed by atoms with Gasteiger partial charge in [0.2, 0.25) is 5.91 Å². The molecule has 1 aromatic heterocycles. The highest BCUT2D eigenvalue weighted by molar-refractivity contribution is 7.99. The number of rotatable bonds is 10. The van der Waals surface area contributed by atoms with Gasteiger partial charge in [0, 0.05) is 32.7 Å². The van der Waals surface area contributed by atoms with E-state index in [0.29, 0.717) is 45.3 Å².